The van der Waals surface area contributed by atoms with Gasteiger partial charge in [-0.15, -0.1) is 0 Å². The van der Waals surface area contributed by atoms with Crippen LogP contribution in [0.4, 0.5) is 10.3 Å². The highest BCUT2D eigenvalue weighted by molar-refractivity contribution is 6.10. The minimum absolute atomic E-state index is 0.200. The van der Waals surface area contributed by atoms with Crippen LogP contribution >= 0.6 is 0 Å². The van der Waals surface area contributed by atoms with Crippen molar-refractivity contribution in [1.29, 1.82) is 0 Å². The lowest BCUT2D eigenvalue weighted by atomic mass is 10.0. The number of halogens is 1. The number of amides is 1. The Balaban J connectivity index is 1.48. The molecule has 9 nitrogen and oxygen atoms in total. The second-order valence-electron chi connectivity index (χ2n) is 8.55. The third kappa shape index (κ3) is 4.02. The summed E-state index contributed by atoms with van der Waals surface area (Å²) in [4.78, 5) is 30.0. The molecule has 0 saturated heterocycles. The van der Waals surface area contributed by atoms with E-state index in [0.29, 0.717) is 58.5 Å². The van der Waals surface area contributed by atoms with Crippen LogP contribution in [0.5, 0.6) is 11.6 Å². The maximum absolute atomic E-state index is 14.6. The van der Waals surface area contributed by atoms with Crippen molar-refractivity contribution in [3.8, 4) is 22.9 Å². The summed E-state index contributed by atoms with van der Waals surface area (Å²) < 4.78 is 25.5. The Hall–Kier alpha value is -4.86. The molecule has 1 amide bonds. The topological polar surface area (TPSA) is 125 Å². The average Bonchev–Trinajstić information content (AvgIpc) is 3.40. The zero-order chi connectivity index (χ0) is 25.5. The molecule has 0 aliphatic carbocycles. The SMILES string of the molecule is COc1cc(-c2nc3cc(C(N)=O)ccc3c3cnc(NCc4c(F)ccc5c4CCO5)nc23)ccn1. The van der Waals surface area contributed by atoms with Gasteiger partial charge in [-0.2, -0.15) is 0 Å². The molecule has 0 bridgehead atoms. The summed E-state index contributed by atoms with van der Waals surface area (Å²) in [5, 5.41) is 4.65. The zero-order valence-electron chi connectivity index (χ0n) is 19.8. The number of rotatable bonds is 6. The molecule has 3 N–H and O–H groups in total. The van der Waals surface area contributed by atoms with Gasteiger partial charge in [-0.3, -0.25) is 4.79 Å². The summed E-state index contributed by atoms with van der Waals surface area (Å²) in [5.41, 5.74) is 9.65. The Morgan fingerprint density at radius 1 is 1.14 bits per heavy atom. The molecule has 1 aliphatic heterocycles. The van der Waals surface area contributed by atoms with E-state index >= 15 is 0 Å². The molecular formula is C27H21FN6O3. The van der Waals surface area contributed by atoms with E-state index in [1.54, 1.807) is 48.8 Å². The van der Waals surface area contributed by atoms with Crippen LogP contribution in [-0.4, -0.2) is 39.6 Å². The van der Waals surface area contributed by atoms with Gasteiger partial charge in [0.1, 0.15) is 17.1 Å². The van der Waals surface area contributed by atoms with Crippen LogP contribution in [0.15, 0.2) is 54.9 Å². The van der Waals surface area contributed by atoms with E-state index in [1.165, 1.54) is 13.2 Å². The molecular weight excluding hydrogens is 475 g/mol. The van der Waals surface area contributed by atoms with Gasteiger partial charge in [-0.25, -0.2) is 24.3 Å². The lowest BCUT2D eigenvalue weighted by Gasteiger charge is -2.13. The standard InChI is InChI=1S/C27H21FN6O3/c1-36-23-11-14(6-8-30-23)24-25-19(16-3-2-15(26(29)35)10-21(16)33-24)13-32-27(34-25)31-12-18-17-7-9-37-22(17)5-4-20(18)28/h2-6,8,10-11,13H,7,9,12H2,1H3,(H2,29,35)(H,31,32,34). The van der Waals surface area contributed by atoms with Crippen molar-refractivity contribution in [1.82, 2.24) is 19.9 Å². The molecule has 6 rings (SSSR count). The lowest BCUT2D eigenvalue weighted by molar-refractivity contribution is 0.100. The van der Waals surface area contributed by atoms with E-state index in [4.69, 9.17) is 25.2 Å². The molecule has 0 saturated carbocycles. The Kier molecular flexibility index (Phi) is 5.48. The summed E-state index contributed by atoms with van der Waals surface area (Å²) in [6.45, 7) is 0.735. The second kappa shape index (κ2) is 8.98. The first-order chi connectivity index (χ1) is 18.0. The van der Waals surface area contributed by atoms with Gasteiger partial charge in [0, 0.05) is 64.5 Å². The van der Waals surface area contributed by atoms with E-state index < -0.39 is 5.91 Å². The molecule has 37 heavy (non-hydrogen) atoms. The molecule has 2 aromatic carbocycles. The highest BCUT2D eigenvalue weighted by Crippen LogP contribution is 2.34. The largest absolute Gasteiger partial charge is 0.493 e. The maximum Gasteiger partial charge on any atom is 0.248 e. The van der Waals surface area contributed by atoms with Crippen molar-refractivity contribution < 1.29 is 18.7 Å². The van der Waals surface area contributed by atoms with Crippen molar-refractivity contribution in [2.24, 2.45) is 5.73 Å². The van der Waals surface area contributed by atoms with Crippen LogP contribution in [0, 0.1) is 5.82 Å². The van der Waals surface area contributed by atoms with Crippen LogP contribution in [0.2, 0.25) is 0 Å². The molecule has 0 radical (unpaired) electrons. The number of nitrogens with two attached hydrogens (primary N) is 1. The minimum Gasteiger partial charge on any atom is -0.493 e. The van der Waals surface area contributed by atoms with E-state index in [9.17, 15) is 9.18 Å². The molecule has 4 heterocycles. The first-order valence-electron chi connectivity index (χ1n) is 11.6. The fraction of sp³-hybridized carbons (Fsp3) is 0.148. The Bertz CT molecular complexity index is 1710. The maximum atomic E-state index is 14.6. The predicted octanol–water partition coefficient (Wildman–Crippen LogP) is 4.03. The van der Waals surface area contributed by atoms with Crippen molar-refractivity contribution in [2.45, 2.75) is 13.0 Å². The number of methoxy groups -OCH3 is 1. The monoisotopic (exact) mass is 496 g/mol. The summed E-state index contributed by atoms with van der Waals surface area (Å²) in [6.07, 6.45) is 3.96. The number of ether oxygens (including phenoxy) is 2. The highest BCUT2D eigenvalue weighted by Gasteiger charge is 2.20. The number of benzene rings is 2. The lowest BCUT2D eigenvalue weighted by Crippen LogP contribution is -2.11. The molecule has 184 valence electrons. The molecule has 10 heteroatoms. The summed E-state index contributed by atoms with van der Waals surface area (Å²) in [6, 6.07) is 11.7. The van der Waals surface area contributed by atoms with E-state index in [2.05, 4.69) is 15.3 Å². The number of fused-ring (bicyclic) bond motifs is 4. The fourth-order valence-corrected chi connectivity index (χ4v) is 4.57. The fourth-order valence-electron chi connectivity index (χ4n) is 4.57. The number of aromatic nitrogens is 4. The van der Waals surface area contributed by atoms with Crippen LogP contribution < -0.4 is 20.5 Å². The van der Waals surface area contributed by atoms with E-state index in [-0.39, 0.29) is 12.4 Å². The predicted molar refractivity (Wildman–Crippen MR) is 136 cm³/mol. The second-order valence-corrected chi connectivity index (χ2v) is 8.55. The smallest absolute Gasteiger partial charge is 0.248 e. The summed E-state index contributed by atoms with van der Waals surface area (Å²) in [7, 11) is 1.53. The first-order valence-corrected chi connectivity index (χ1v) is 11.6. The number of nitrogens with one attached hydrogen (secondary N) is 1. The van der Waals surface area contributed by atoms with Gasteiger partial charge < -0.3 is 20.5 Å². The van der Waals surface area contributed by atoms with Gasteiger partial charge in [0.25, 0.3) is 0 Å². The third-order valence-electron chi connectivity index (χ3n) is 6.40. The van der Waals surface area contributed by atoms with Crippen LogP contribution in [0.25, 0.3) is 33.1 Å². The number of carbonyl (C=O) groups excluding carboxylic acids is 1. The van der Waals surface area contributed by atoms with Crippen molar-refractivity contribution >= 4 is 33.7 Å². The highest BCUT2D eigenvalue weighted by atomic mass is 19.1. The molecule has 1 aliphatic rings. The summed E-state index contributed by atoms with van der Waals surface area (Å²) in [5.74, 6) is 0.594. The number of carbonyl (C=O) groups is 1. The molecule has 5 aromatic rings. The Morgan fingerprint density at radius 2 is 2.03 bits per heavy atom. The quantitative estimate of drug-likeness (QED) is 0.338. The zero-order valence-corrected chi connectivity index (χ0v) is 19.8. The molecule has 3 aromatic heterocycles. The Labute approximate surface area is 210 Å². The molecule has 0 atom stereocenters. The van der Waals surface area contributed by atoms with Crippen molar-refractivity contribution in [3.05, 3.63) is 77.4 Å². The van der Waals surface area contributed by atoms with E-state index in [1.807, 2.05) is 0 Å². The van der Waals surface area contributed by atoms with E-state index in [0.717, 1.165) is 21.9 Å². The van der Waals surface area contributed by atoms with Crippen LogP contribution in [0.1, 0.15) is 21.5 Å². The van der Waals surface area contributed by atoms with Crippen LogP contribution in [0.3, 0.4) is 0 Å². The van der Waals surface area contributed by atoms with Crippen LogP contribution in [-0.2, 0) is 13.0 Å². The number of nitrogens with zero attached hydrogens (tertiary/aromatic N) is 4. The van der Waals surface area contributed by atoms with Crippen molar-refractivity contribution in [2.75, 3.05) is 19.0 Å². The molecule has 0 fully saturated rings. The first kappa shape index (κ1) is 22.6. The van der Waals surface area contributed by atoms with Gasteiger partial charge in [0.05, 0.1) is 24.9 Å². The molecule has 0 spiro atoms. The average molecular weight is 497 g/mol. The number of hydrogen-bond acceptors (Lipinski definition) is 8. The number of pyridine rings is 2. The van der Waals surface area contributed by atoms with Gasteiger partial charge in [0.15, 0.2) is 0 Å². The van der Waals surface area contributed by atoms with Gasteiger partial charge in [-0.05, 0) is 30.3 Å². The number of hydrogen-bond donors (Lipinski definition) is 2. The minimum atomic E-state index is -0.545. The van der Waals surface area contributed by atoms with Crippen molar-refractivity contribution in [3.63, 3.8) is 0 Å². The Morgan fingerprint density at radius 3 is 2.86 bits per heavy atom. The normalized spacial score (nSPS) is 12.4. The number of anilines is 1. The number of primary amides is 1. The van der Waals surface area contributed by atoms with Gasteiger partial charge >= 0.3 is 0 Å². The van der Waals surface area contributed by atoms with Gasteiger partial charge in [0.2, 0.25) is 17.7 Å². The van der Waals surface area contributed by atoms with Gasteiger partial charge in [-0.1, -0.05) is 6.07 Å². The third-order valence-corrected chi connectivity index (χ3v) is 6.40. The summed E-state index contributed by atoms with van der Waals surface area (Å²) >= 11 is 0. The molecule has 0 unspecified atom stereocenters.